The van der Waals surface area contributed by atoms with Gasteiger partial charge in [-0.25, -0.2) is 8.78 Å². The Balaban J connectivity index is 1.58. The standard InChI is InChI=1S/C24H20F2N2O5/c25-15-3-6-21(20(26)8-15)28-16-4-5-18-22(9-16)33-12-14-2-1-13(7-19(14)23(18)31)24(32)27-10-17(30)11-29/h1-9,17,28-30H,10-12H2,(H,27,32)/t17-/m0/s1. The molecule has 4 N–H and O–H groups in total. The van der Waals surface area contributed by atoms with E-state index in [0.29, 0.717) is 16.8 Å². The van der Waals surface area contributed by atoms with Crippen LogP contribution in [0.1, 0.15) is 31.8 Å². The maximum absolute atomic E-state index is 14.0. The van der Waals surface area contributed by atoms with Gasteiger partial charge in [0.25, 0.3) is 5.91 Å². The number of halogens is 2. The van der Waals surface area contributed by atoms with Crippen LogP contribution in [0.5, 0.6) is 5.75 Å². The van der Waals surface area contributed by atoms with E-state index in [1.807, 2.05) is 0 Å². The summed E-state index contributed by atoms with van der Waals surface area (Å²) < 4.78 is 32.9. The van der Waals surface area contributed by atoms with Crippen LogP contribution < -0.4 is 15.4 Å². The zero-order chi connectivity index (χ0) is 23.5. The third-order valence-corrected chi connectivity index (χ3v) is 5.15. The fourth-order valence-corrected chi connectivity index (χ4v) is 3.39. The highest BCUT2D eigenvalue weighted by atomic mass is 19.1. The van der Waals surface area contributed by atoms with Crippen molar-refractivity contribution in [3.63, 3.8) is 0 Å². The van der Waals surface area contributed by atoms with E-state index in [2.05, 4.69) is 10.6 Å². The van der Waals surface area contributed by atoms with E-state index in [-0.39, 0.29) is 41.5 Å². The van der Waals surface area contributed by atoms with Crippen molar-refractivity contribution in [3.05, 3.63) is 88.5 Å². The summed E-state index contributed by atoms with van der Waals surface area (Å²) in [5.74, 6) is -2.01. The number of benzene rings is 3. The number of aliphatic hydroxyl groups is 2. The number of aliphatic hydroxyl groups excluding tert-OH is 2. The quantitative estimate of drug-likeness (QED) is 0.456. The first kappa shape index (κ1) is 22.4. The lowest BCUT2D eigenvalue weighted by molar-refractivity contribution is 0.0802. The summed E-state index contributed by atoms with van der Waals surface area (Å²) in [5.41, 5.74) is 1.90. The van der Waals surface area contributed by atoms with E-state index in [1.165, 1.54) is 24.3 Å². The molecule has 0 saturated heterocycles. The topological polar surface area (TPSA) is 108 Å². The van der Waals surface area contributed by atoms with E-state index < -0.39 is 30.3 Å². The lowest BCUT2D eigenvalue weighted by Gasteiger charge is -2.11. The first-order valence-corrected chi connectivity index (χ1v) is 10.1. The van der Waals surface area contributed by atoms with Crippen LogP contribution in [0.3, 0.4) is 0 Å². The van der Waals surface area contributed by atoms with Crippen LogP contribution in [0, 0.1) is 11.6 Å². The molecule has 9 heteroatoms. The number of anilines is 2. The molecule has 0 unspecified atom stereocenters. The van der Waals surface area contributed by atoms with Crippen molar-refractivity contribution in [2.45, 2.75) is 12.7 Å². The van der Waals surface area contributed by atoms with Gasteiger partial charge in [-0.2, -0.15) is 0 Å². The van der Waals surface area contributed by atoms with Gasteiger partial charge in [-0.3, -0.25) is 9.59 Å². The van der Waals surface area contributed by atoms with Gasteiger partial charge in [0.15, 0.2) is 5.78 Å². The Hall–Kier alpha value is -3.82. The van der Waals surface area contributed by atoms with Gasteiger partial charge in [0.1, 0.15) is 24.0 Å². The van der Waals surface area contributed by atoms with Crippen LogP contribution >= 0.6 is 0 Å². The smallest absolute Gasteiger partial charge is 0.251 e. The molecule has 1 aliphatic heterocycles. The van der Waals surface area contributed by atoms with Crippen molar-refractivity contribution in [2.75, 3.05) is 18.5 Å². The average molecular weight is 454 g/mol. The van der Waals surface area contributed by atoms with Gasteiger partial charge in [0.2, 0.25) is 0 Å². The van der Waals surface area contributed by atoms with E-state index in [9.17, 15) is 23.5 Å². The second kappa shape index (κ2) is 9.35. The Labute approximate surface area is 187 Å². The molecule has 7 nitrogen and oxygen atoms in total. The Morgan fingerprint density at radius 2 is 1.88 bits per heavy atom. The maximum Gasteiger partial charge on any atom is 0.251 e. The zero-order valence-electron chi connectivity index (χ0n) is 17.3. The van der Waals surface area contributed by atoms with Crippen LogP contribution in [0.15, 0.2) is 54.6 Å². The van der Waals surface area contributed by atoms with Gasteiger partial charge in [-0.15, -0.1) is 0 Å². The summed E-state index contributed by atoms with van der Waals surface area (Å²) in [6, 6.07) is 12.4. The predicted octanol–water partition coefficient (Wildman–Crippen LogP) is 2.91. The molecule has 0 saturated carbocycles. The van der Waals surface area contributed by atoms with Crippen molar-refractivity contribution < 1.29 is 33.3 Å². The molecule has 3 aromatic rings. The normalized spacial score (nSPS) is 13.3. The van der Waals surface area contributed by atoms with E-state index in [1.54, 1.807) is 18.2 Å². The Morgan fingerprint density at radius 3 is 2.64 bits per heavy atom. The maximum atomic E-state index is 14.0. The van der Waals surface area contributed by atoms with Crippen molar-refractivity contribution in [3.8, 4) is 5.75 Å². The lowest BCUT2D eigenvalue weighted by Crippen LogP contribution is -2.34. The summed E-state index contributed by atoms with van der Waals surface area (Å²) in [6.45, 7) is -0.536. The molecule has 33 heavy (non-hydrogen) atoms. The molecule has 0 aromatic heterocycles. The van der Waals surface area contributed by atoms with Gasteiger partial charge in [0.05, 0.1) is 24.0 Å². The number of carbonyl (C=O) groups is 2. The molecular weight excluding hydrogens is 434 g/mol. The molecule has 4 rings (SSSR count). The molecule has 3 aromatic carbocycles. The highest BCUT2D eigenvalue weighted by Crippen LogP contribution is 2.32. The van der Waals surface area contributed by atoms with Crippen LogP contribution in [-0.2, 0) is 6.61 Å². The van der Waals surface area contributed by atoms with E-state index in [0.717, 1.165) is 12.1 Å². The highest BCUT2D eigenvalue weighted by molar-refractivity contribution is 6.13. The second-order valence-corrected chi connectivity index (χ2v) is 7.50. The minimum atomic E-state index is -1.08. The van der Waals surface area contributed by atoms with Crippen LogP contribution in [-0.4, -0.2) is 41.2 Å². The third kappa shape index (κ3) is 4.84. The zero-order valence-corrected chi connectivity index (χ0v) is 17.3. The molecule has 0 spiro atoms. The van der Waals surface area contributed by atoms with Gasteiger partial charge in [-0.05, 0) is 36.4 Å². The summed E-state index contributed by atoms with van der Waals surface area (Å²) >= 11 is 0. The van der Waals surface area contributed by atoms with Crippen LogP contribution in [0.2, 0.25) is 0 Å². The Bertz CT molecular complexity index is 1230. The number of fused-ring (bicyclic) bond motifs is 2. The Morgan fingerprint density at radius 1 is 1.06 bits per heavy atom. The number of amides is 1. The Kier molecular flexibility index (Phi) is 6.34. The van der Waals surface area contributed by atoms with Gasteiger partial charge < -0.3 is 25.6 Å². The summed E-state index contributed by atoms with van der Waals surface area (Å²) in [7, 11) is 0. The molecular formula is C24H20F2N2O5. The second-order valence-electron chi connectivity index (χ2n) is 7.50. The minimum absolute atomic E-state index is 0.0709. The minimum Gasteiger partial charge on any atom is -0.488 e. The number of hydrogen-bond acceptors (Lipinski definition) is 6. The lowest BCUT2D eigenvalue weighted by atomic mass is 9.96. The summed E-state index contributed by atoms with van der Waals surface area (Å²) in [6.07, 6.45) is -1.08. The predicted molar refractivity (Wildman–Crippen MR) is 116 cm³/mol. The molecule has 1 atom stereocenters. The molecule has 1 aliphatic rings. The molecule has 1 amide bonds. The van der Waals surface area contributed by atoms with Gasteiger partial charge >= 0.3 is 0 Å². The molecule has 0 bridgehead atoms. The van der Waals surface area contributed by atoms with E-state index in [4.69, 9.17) is 9.84 Å². The highest BCUT2D eigenvalue weighted by Gasteiger charge is 2.24. The molecule has 1 heterocycles. The molecule has 170 valence electrons. The monoisotopic (exact) mass is 454 g/mol. The SMILES string of the molecule is O=C(NC[C@H](O)CO)c1ccc2c(c1)C(=O)c1ccc(Nc3ccc(F)cc3F)cc1OC2. The van der Waals surface area contributed by atoms with Gasteiger partial charge in [0, 0.05) is 41.1 Å². The third-order valence-electron chi connectivity index (χ3n) is 5.15. The van der Waals surface area contributed by atoms with Crippen molar-refractivity contribution in [1.82, 2.24) is 5.32 Å². The number of ether oxygens (including phenoxy) is 1. The average Bonchev–Trinajstić information content (AvgIpc) is 2.95. The first-order valence-electron chi connectivity index (χ1n) is 10.1. The fourth-order valence-electron chi connectivity index (χ4n) is 3.39. The number of ketones is 1. The van der Waals surface area contributed by atoms with Crippen LogP contribution in [0.25, 0.3) is 0 Å². The van der Waals surface area contributed by atoms with Gasteiger partial charge in [-0.1, -0.05) is 6.07 Å². The molecule has 0 radical (unpaired) electrons. The molecule has 0 aliphatic carbocycles. The van der Waals surface area contributed by atoms with E-state index >= 15 is 0 Å². The number of rotatable bonds is 6. The fraction of sp³-hybridized carbons (Fsp3) is 0.167. The largest absolute Gasteiger partial charge is 0.488 e. The summed E-state index contributed by atoms with van der Waals surface area (Å²) in [5, 5.41) is 23.6. The van der Waals surface area contributed by atoms with Crippen molar-refractivity contribution in [2.24, 2.45) is 0 Å². The summed E-state index contributed by atoms with van der Waals surface area (Å²) in [4.78, 5) is 25.5. The first-order chi connectivity index (χ1) is 15.9. The van der Waals surface area contributed by atoms with Crippen molar-refractivity contribution in [1.29, 1.82) is 0 Å². The van der Waals surface area contributed by atoms with Crippen LogP contribution in [0.4, 0.5) is 20.2 Å². The number of carbonyl (C=O) groups excluding carboxylic acids is 2. The number of nitrogens with one attached hydrogen (secondary N) is 2. The molecule has 0 fully saturated rings. The number of hydrogen-bond donors (Lipinski definition) is 4. The van der Waals surface area contributed by atoms with Crippen molar-refractivity contribution >= 4 is 23.1 Å².